The second-order valence-electron chi connectivity index (χ2n) is 5.48. The minimum absolute atomic E-state index is 0.379. The summed E-state index contributed by atoms with van der Waals surface area (Å²) in [6, 6.07) is 4.91. The largest absolute Gasteiger partial charge is 0.478 e. The minimum Gasteiger partial charge on any atom is -0.478 e. The number of nitrogens with zero attached hydrogens (tertiary/aromatic N) is 1. The number of pyridine rings is 1. The molecule has 0 bridgehead atoms. The van der Waals surface area contributed by atoms with Crippen molar-refractivity contribution in [1.29, 1.82) is 0 Å². The Labute approximate surface area is 123 Å². The molecule has 0 radical (unpaired) electrons. The van der Waals surface area contributed by atoms with Gasteiger partial charge in [-0.15, -0.1) is 0 Å². The predicted octanol–water partition coefficient (Wildman–Crippen LogP) is 2.16. The van der Waals surface area contributed by atoms with Crippen LogP contribution in [0.25, 0.3) is 0 Å². The number of carboxylic acid groups (broad SMARTS) is 1. The smallest absolute Gasteiger partial charge is 0.408 e. The van der Waals surface area contributed by atoms with Crippen molar-refractivity contribution in [2.24, 2.45) is 0 Å². The Bertz CT molecular complexity index is 506. The molecule has 1 aromatic rings. The van der Waals surface area contributed by atoms with E-state index >= 15 is 0 Å². The average Bonchev–Trinajstić information content (AvgIpc) is 2.34. The number of aliphatic carboxylic acids is 1. The number of hydrogen-bond donors (Lipinski definition) is 2. The van der Waals surface area contributed by atoms with Gasteiger partial charge in [0, 0.05) is 24.4 Å². The molecule has 0 unspecified atom stereocenters. The summed E-state index contributed by atoms with van der Waals surface area (Å²) < 4.78 is 5.16. The fourth-order valence-corrected chi connectivity index (χ4v) is 1.57. The van der Waals surface area contributed by atoms with E-state index in [0.29, 0.717) is 6.42 Å². The summed E-state index contributed by atoms with van der Waals surface area (Å²) in [5, 5.41) is 11.3. The van der Waals surface area contributed by atoms with Crippen LogP contribution in [0.1, 0.15) is 26.5 Å². The van der Waals surface area contributed by atoms with Crippen LogP contribution in [0.3, 0.4) is 0 Å². The zero-order valence-corrected chi connectivity index (χ0v) is 12.4. The maximum absolute atomic E-state index is 11.8. The molecule has 6 nitrogen and oxygen atoms in total. The molecule has 0 spiro atoms. The summed E-state index contributed by atoms with van der Waals surface area (Å²) in [4.78, 5) is 26.5. The molecule has 0 saturated heterocycles. The minimum atomic E-state index is -1.08. The van der Waals surface area contributed by atoms with Crippen LogP contribution in [0.5, 0.6) is 0 Å². The van der Waals surface area contributed by atoms with E-state index in [4.69, 9.17) is 9.84 Å². The summed E-state index contributed by atoms with van der Waals surface area (Å²) >= 11 is 0. The average molecular weight is 292 g/mol. The molecule has 21 heavy (non-hydrogen) atoms. The zero-order chi connectivity index (χ0) is 15.9. The van der Waals surface area contributed by atoms with Crippen molar-refractivity contribution in [1.82, 2.24) is 10.3 Å². The van der Waals surface area contributed by atoms with Crippen LogP contribution in [0.4, 0.5) is 4.79 Å². The Balaban J connectivity index is 2.73. The summed E-state index contributed by atoms with van der Waals surface area (Å²) in [7, 11) is 0. The summed E-state index contributed by atoms with van der Waals surface area (Å²) in [6.45, 7) is 5.27. The second kappa shape index (κ2) is 7.42. The van der Waals surface area contributed by atoms with E-state index in [1.54, 1.807) is 39.1 Å². The predicted molar refractivity (Wildman–Crippen MR) is 77.9 cm³/mol. The van der Waals surface area contributed by atoms with Gasteiger partial charge in [0.05, 0.1) is 6.04 Å². The lowest BCUT2D eigenvalue weighted by atomic mass is 10.1. The van der Waals surface area contributed by atoms with Crippen molar-refractivity contribution in [3.05, 3.63) is 42.2 Å². The fourth-order valence-electron chi connectivity index (χ4n) is 1.57. The van der Waals surface area contributed by atoms with Gasteiger partial charge < -0.3 is 15.2 Å². The van der Waals surface area contributed by atoms with Gasteiger partial charge in [0.2, 0.25) is 0 Å². The first-order valence-corrected chi connectivity index (χ1v) is 6.57. The molecule has 1 heterocycles. The molecular formula is C15H20N2O4. The van der Waals surface area contributed by atoms with E-state index in [9.17, 15) is 9.59 Å². The maximum Gasteiger partial charge on any atom is 0.408 e. The van der Waals surface area contributed by atoms with Gasteiger partial charge in [0.15, 0.2) is 0 Å². The molecule has 1 atom stereocenters. The first kappa shape index (κ1) is 16.7. The van der Waals surface area contributed by atoms with Gasteiger partial charge in [-0.05, 0) is 32.9 Å². The molecule has 0 saturated carbocycles. The molecular weight excluding hydrogens is 272 g/mol. The normalized spacial score (nSPS) is 12.9. The third kappa shape index (κ3) is 7.71. The van der Waals surface area contributed by atoms with Crippen molar-refractivity contribution < 1.29 is 19.4 Å². The maximum atomic E-state index is 11.8. The number of aromatic nitrogens is 1. The highest BCUT2D eigenvalue weighted by atomic mass is 16.6. The standard InChI is InChI=1S/C15H20N2O4/c1-15(2,3)21-14(20)17-12(7-8-13(18)19)10-11-6-4-5-9-16-11/h4-9,12H,10H2,1-3H3,(H,17,20)(H,18,19)/b8-7+/t12-/m0/s1. The monoisotopic (exact) mass is 292 g/mol. The zero-order valence-electron chi connectivity index (χ0n) is 12.4. The van der Waals surface area contributed by atoms with Gasteiger partial charge in [0.25, 0.3) is 0 Å². The highest BCUT2D eigenvalue weighted by molar-refractivity contribution is 5.80. The first-order chi connectivity index (χ1) is 9.76. The van der Waals surface area contributed by atoms with Crippen LogP contribution in [0, 0.1) is 0 Å². The highest BCUT2D eigenvalue weighted by Gasteiger charge is 2.19. The van der Waals surface area contributed by atoms with Crippen LogP contribution >= 0.6 is 0 Å². The number of amides is 1. The Kier molecular flexibility index (Phi) is 5.90. The molecule has 2 N–H and O–H groups in total. The Morgan fingerprint density at radius 2 is 2.14 bits per heavy atom. The Morgan fingerprint density at radius 1 is 1.43 bits per heavy atom. The summed E-state index contributed by atoms with van der Waals surface area (Å²) in [5.41, 5.74) is 0.129. The number of carbonyl (C=O) groups excluding carboxylic acids is 1. The SMILES string of the molecule is CC(C)(C)OC(=O)N[C@@H](/C=C/C(=O)O)Cc1ccccn1. The molecule has 0 fully saturated rings. The van der Waals surface area contributed by atoms with Crippen LogP contribution in [0.2, 0.25) is 0 Å². The number of nitrogens with one attached hydrogen (secondary N) is 1. The van der Waals surface area contributed by atoms with E-state index in [1.165, 1.54) is 6.08 Å². The van der Waals surface area contributed by atoms with Gasteiger partial charge in [-0.1, -0.05) is 12.1 Å². The van der Waals surface area contributed by atoms with E-state index in [-0.39, 0.29) is 0 Å². The fraction of sp³-hybridized carbons (Fsp3) is 0.400. The van der Waals surface area contributed by atoms with Crippen LogP contribution in [-0.4, -0.2) is 33.8 Å². The van der Waals surface area contributed by atoms with E-state index in [0.717, 1.165) is 11.8 Å². The molecule has 1 aromatic heterocycles. The molecule has 0 aliphatic rings. The molecule has 0 aromatic carbocycles. The van der Waals surface area contributed by atoms with Crippen molar-refractivity contribution in [3.63, 3.8) is 0 Å². The van der Waals surface area contributed by atoms with Gasteiger partial charge in [-0.2, -0.15) is 0 Å². The molecule has 1 amide bonds. The number of carbonyl (C=O) groups is 2. The summed E-state index contributed by atoms with van der Waals surface area (Å²) in [5.74, 6) is -1.08. The van der Waals surface area contributed by atoms with Gasteiger partial charge in [-0.25, -0.2) is 9.59 Å². The highest BCUT2D eigenvalue weighted by Crippen LogP contribution is 2.08. The van der Waals surface area contributed by atoms with Crippen LogP contribution in [-0.2, 0) is 16.0 Å². The number of alkyl carbamates (subject to hydrolysis) is 1. The Hall–Kier alpha value is -2.37. The van der Waals surface area contributed by atoms with Gasteiger partial charge in [-0.3, -0.25) is 4.98 Å². The number of hydrogen-bond acceptors (Lipinski definition) is 4. The van der Waals surface area contributed by atoms with Crippen molar-refractivity contribution in [2.75, 3.05) is 0 Å². The van der Waals surface area contributed by atoms with Crippen LogP contribution in [0.15, 0.2) is 36.5 Å². The molecule has 1 rings (SSSR count). The molecule has 114 valence electrons. The van der Waals surface area contributed by atoms with Crippen molar-refractivity contribution in [2.45, 2.75) is 38.8 Å². The quantitative estimate of drug-likeness (QED) is 0.812. The third-order valence-electron chi connectivity index (χ3n) is 2.33. The third-order valence-corrected chi connectivity index (χ3v) is 2.33. The Morgan fingerprint density at radius 3 is 2.67 bits per heavy atom. The lowest BCUT2D eigenvalue weighted by molar-refractivity contribution is -0.131. The van der Waals surface area contributed by atoms with Gasteiger partial charge in [0.1, 0.15) is 5.60 Å². The number of carboxylic acids is 1. The van der Waals surface area contributed by atoms with Crippen molar-refractivity contribution >= 4 is 12.1 Å². The van der Waals surface area contributed by atoms with Crippen LogP contribution < -0.4 is 5.32 Å². The van der Waals surface area contributed by atoms with E-state index in [1.807, 2.05) is 6.07 Å². The second-order valence-corrected chi connectivity index (χ2v) is 5.48. The number of ether oxygens (including phenoxy) is 1. The first-order valence-electron chi connectivity index (χ1n) is 6.57. The van der Waals surface area contributed by atoms with Gasteiger partial charge >= 0.3 is 12.1 Å². The summed E-state index contributed by atoms with van der Waals surface area (Å²) in [6.07, 6.45) is 3.81. The van der Waals surface area contributed by atoms with Crippen molar-refractivity contribution in [3.8, 4) is 0 Å². The molecule has 0 aliphatic heterocycles. The lowest BCUT2D eigenvalue weighted by Crippen LogP contribution is -2.39. The topological polar surface area (TPSA) is 88.5 Å². The van der Waals surface area contributed by atoms with E-state index < -0.39 is 23.7 Å². The molecule has 0 aliphatic carbocycles. The number of rotatable bonds is 5. The molecule has 6 heteroatoms. The lowest BCUT2D eigenvalue weighted by Gasteiger charge is -2.22. The van der Waals surface area contributed by atoms with E-state index in [2.05, 4.69) is 10.3 Å².